The zero-order valence-electron chi connectivity index (χ0n) is 11.6. The fraction of sp³-hybridized carbons (Fsp3) is 0.462. The van der Waals surface area contributed by atoms with Crippen LogP contribution in [0.4, 0.5) is 0 Å². The maximum Gasteiger partial charge on any atom is 0.236 e. The lowest BCUT2D eigenvalue weighted by Gasteiger charge is -2.15. The molecule has 0 fully saturated rings. The van der Waals surface area contributed by atoms with Gasteiger partial charge in [-0.05, 0) is 13.0 Å². The summed E-state index contributed by atoms with van der Waals surface area (Å²) in [6.45, 7) is 1.94. The molecule has 6 nitrogen and oxygen atoms in total. The van der Waals surface area contributed by atoms with Crippen molar-refractivity contribution in [3.05, 3.63) is 17.7 Å². The number of carbonyl (C=O) groups is 1. The number of ether oxygens (including phenoxy) is 3. The van der Waals surface area contributed by atoms with E-state index in [-0.39, 0.29) is 5.91 Å². The van der Waals surface area contributed by atoms with Gasteiger partial charge in [0.25, 0.3) is 0 Å². The molecule has 0 spiro atoms. The largest absolute Gasteiger partial charge is 0.496 e. The number of nitrogens with one attached hydrogen (secondary N) is 1. The van der Waals surface area contributed by atoms with Gasteiger partial charge in [0, 0.05) is 18.2 Å². The highest BCUT2D eigenvalue weighted by Crippen LogP contribution is 2.34. The first kappa shape index (κ1) is 15.1. The lowest BCUT2D eigenvalue weighted by Crippen LogP contribution is -2.37. The van der Waals surface area contributed by atoms with Crippen LogP contribution in [0.25, 0.3) is 0 Å². The molecule has 1 atom stereocenters. The number of benzene rings is 1. The van der Waals surface area contributed by atoms with Gasteiger partial charge in [-0.2, -0.15) is 0 Å². The Morgan fingerprint density at radius 3 is 2.16 bits per heavy atom. The van der Waals surface area contributed by atoms with Crippen LogP contribution >= 0.6 is 0 Å². The standard InChI is InChI=1S/C13H20N2O4/c1-8(14)13(16)15-7-9-5-11(18-3)12(19-4)6-10(9)17-2/h5-6,8H,7,14H2,1-4H3,(H,15,16)/t8-/m1/s1. The minimum absolute atomic E-state index is 0.225. The van der Waals surface area contributed by atoms with Crippen LogP contribution in [-0.4, -0.2) is 33.3 Å². The normalized spacial score (nSPS) is 11.6. The van der Waals surface area contributed by atoms with Gasteiger partial charge in [0.05, 0.1) is 27.4 Å². The minimum Gasteiger partial charge on any atom is -0.496 e. The van der Waals surface area contributed by atoms with Crippen molar-refractivity contribution in [3.63, 3.8) is 0 Å². The molecule has 0 aromatic heterocycles. The molecule has 1 amide bonds. The maximum atomic E-state index is 11.5. The summed E-state index contributed by atoms with van der Waals surface area (Å²) in [5.41, 5.74) is 6.27. The number of carbonyl (C=O) groups excluding carboxylic acids is 1. The fourth-order valence-electron chi connectivity index (χ4n) is 1.57. The highest BCUT2D eigenvalue weighted by molar-refractivity contribution is 5.81. The van der Waals surface area contributed by atoms with Crippen molar-refractivity contribution in [1.29, 1.82) is 0 Å². The van der Waals surface area contributed by atoms with Crippen LogP contribution in [-0.2, 0) is 11.3 Å². The third-order valence-electron chi connectivity index (χ3n) is 2.65. The molecule has 0 aliphatic rings. The molecule has 1 aromatic rings. The van der Waals surface area contributed by atoms with E-state index in [0.717, 1.165) is 5.56 Å². The summed E-state index contributed by atoms with van der Waals surface area (Å²) in [5.74, 6) is 1.54. The molecule has 0 aliphatic heterocycles. The first-order valence-corrected chi connectivity index (χ1v) is 5.85. The van der Waals surface area contributed by atoms with Crippen molar-refractivity contribution in [1.82, 2.24) is 5.32 Å². The second kappa shape index (κ2) is 6.84. The number of nitrogens with two attached hydrogens (primary N) is 1. The second-order valence-corrected chi connectivity index (χ2v) is 4.03. The lowest BCUT2D eigenvalue weighted by atomic mass is 10.1. The Morgan fingerprint density at radius 2 is 1.68 bits per heavy atom. The molecule has 6 heteroatoms. The van der Waals surface area contributed by atoms with E-state index in [1.54, 1.807) is 40.4 Å². The molecule has 0 saturated heterocycles. The number of methoxy groups -OCH3 is 3. The Morgan fingerprint density at radius 1 is 1.16 bits per heavy atom. The van der Waals surface area contributed by atoms with Crippen LogP contribution < -0.4 is 25.3 Å². The second-order valence-electron chi connectivity index (χ2n) is 4.03. The summed E-state index contributed by atoms with van der Waals surface area (Å²) < 4.78 is 15.7. The van der Waals surface area contributed by atoms with Crippen molar-refractivity contribution in [2.45, 2.75) is 19.5 Å². The van der Waals surface area contributed by atoms with Crippen molar-refractivity contribution < 1.29 is 19.0 Å². The van der Waals surface area contributed by atoms with E-state index < -0.39 is 6.04 Å². The summed E-state index contributed by atoms with van der Waals surface area (Å²) >= 11 is 0. The van der Waals surface area contributed by atoms with Crippen LogP contribution in [0.15, 0.2) is 12.1 Å². The number of hydrogen-bond donors (Lipinski definition) is 2. The van der Waals surface area contributed by atoms with Gasteiger partial charge in [-0.1, -0.05) is 0 Å². The van der Waals surface area contributed by atoms with E-state index in [0.29, 0.717) is 23.8 Å². The van der Waals surface area contributed by atoms with E-state index in [9.17, 15) is 4.79 Å². The summed E-state index contributed by atoms with van der Waals surface area (Å²) in [4.78, 5) is 11.5. The Hall–Kier alpha value is -1.95. The monoisotopic (exact) mass is 268 g/mol. The molecular formula is C13H20N2O4. The summed E-state index contributed by atoms with van der Waals surface area (Å²) in [6, 6.07) is 2.93. The molecule has 1 rings (SSSR count). The van der Waals surface area contributed by atoms with Crippen LogP contribution in [0.2, 0.25) is 0 Å². The molecular weight excluding hydrogens is 248 g/mol. The molecule has 0 heterocycles. The zero-order valence-corrected chi connectivity index (χ0v) is 11.6. The third-order valence-corrected chi connectivity index (χ3v) is 2.65. The van der Waals surface area contributed by atoms with Crippen LogP contribution in [0, 0.1) is 0 Å². The first-order valence-electron chi connectivity index (χ1n) is 5.85. The van der Waals surface area contributed by atoms with Gasteiger partial charge >= 0.3 is 0 Å². The van der Waals surface area contributed by atoms with Gasteiger partial charge in [0.15, 0.2) is 11.5 Å². The minimum atomic E-state index is -0.550. The third kappa shape index (κ3) is 3.75. The van der Waals surface area contributed by atoms with Crippen LogP contribution in [0.1, 0.15) is 12.5 Å². The first-order chi connectivity index (χ1) is 9.03. The molecule has 0 saturated carbocycles. The predicted molar refractivity (Wildman–Crippen MR) is 71.6 cm³/mol. The number of rotatable bonds is 6. The van der Waals surface area contributed by atoms with Gasteiger partial charge in [0.1, 0.15) is 5.75 Å². The highest BCUT2D eigenvalue weighted by atomic mass is 16.5. The Labute approximate surface area is 112 Å². The Balaban J connectivity index is 2.95. The SMILES string of the molecule is COc1cc(OC)c(OC)cc1CNC(=O)[C@@H](C)N. The summed E-state index contributed by atoms with van der Waals surface area (Å²) in [7, 11) is 4.65. The molecule has 0 radical (unpaired) electrons. The van der Waals surface area contributed by atoms with Gasteiger partial charge in [0.2, 0.25) is 5.91 Å². The Bertz CT molecular complexity index is 447. The van der Waals surface area contributed by atoms with E-state index in [1.165, 1.54) is 0 Å². The molecule has 0 bridgehead atoms. The fourth-order valence-corrected chi connectivity index (χ4v) is 1.57. The predicted octanol–water partition coefficient (Wildman–Crippen LogP) is 0.676. The van der Waals surface area contributed by atoms with Gasteiger partial charge in [-0.15, -0.1) is 0 Å². The van der Waals surface area contributed by atoms with E-state index >= 15 is 0 Å². The number of amides is 1. The lowest BCUT2D eigenvalue weighted by molar-refractivity contribution is -0.122. The highest BCUT2D eigenvalue weighted by Gasteiger charge is 2.13. The average molecular weight is 268 g/mol. The number of hydrogen-bond acceptors (Lipinski definition) is 5. The van der Waals surface area contributed by atoms with Crippen molar-refractivity contribution in [2.24, 2.45) is 5.73 Å². The van der Waals surface area contributed by atoms with Crippen molar-refractivity contribution in [3.8, 4) is 17.2 Å². The van der Waals surface area contributed by atoms with Gasteiger partial charge in [-0.25, -0.2) is 0 Å². The molecule has 3 N–H and O–H groups in total. The molecule has 0 unspecified atom stereocenters. The topological polar surface area (TPSA) is 82.8 Å². The summed E-state index contributed by atoms with van der Waals surface area (Å²) in [5, 5.41) is 2.72. The van der Waals surface area contributed by atoms with E-state index in [2.05, 4.69) is 5.32 Å². The molecule has 19 heavy (non-hydrogen) atoms. The maximum absolute atomic E-state index is 11.5. The molecule has 1 aromatic carbocycles. The molecule has 0 aliphatic carbocycles. The van der Waals surface area contributed by atoms with E-state index in [1.807, 2.05) is 0 Å². The average Bonchev–Trinajstić information content (AvgIpc) is 2.43. The smallest absolute Gasteiger partial charge is 0.236 e. The van der Waals surface area contributed by atoms with Crippen LogP contribution in [0.3, 0.4) is 0 Å². The molecule has 106 valence electrons. The zero-order chi connectivity index (χ0) is 14.4. The van der Waals surface area contributed by atoms with Crippen molar-refractivity contribution in [2.75, 3.05) is 21.3 Å². The van der Waals surface area contributed by atoms with Gasteiger partial charge < -0.3 is 25.3 Å². The quantitative estimate of drug-likeness (QED) is 0.792. The van der Waals surface area contributed by atoms with Crippen molar-refractivity contribution >= 4 is 5.91 Å². The van der Waals surface area contributed by atoms with Gasteiger partial charge in [-0.3, -0.25) is 4.79 Å². The summed E-state index contributed by atoms with van der Waals surface area (Å²) in [6.07, 6.45) is 0. The van der Waals surface area contributed by atoms with E-state index in [4.69, 9.17) is 19.9 Å². The van der Waals surface area contributed by atoms with Crippen LogP contribution in [0.5, 0.6) is 17.2 Å². The Kier molecular flexibility index (Phi) is 5.44.